The summed E-state index contributed by atoms with van der Waals surface area (Å²) in [6.07, 6.45) is 7.08. The van der Waals surface area contributed by atoms with Crippen LogP contribution in [0.1, 0.15) is 26.2 Å². The van der Waals surface area contributed by atoms with Crippen LogP contribution in [0.5, 0.6) is 0 Å². The number of carbonyl (C=O) groups is 1. The Morgan fingerprint density at radius 1 is 1.29 bits per heavy atom. The average Bonchev–Trinajstić information content (AvgIpc) is 2.38. The maximum atomic E-state index is 11.9. The molecule has 1 aliphatic rings. The molecule has 17 heavy (non-hydrogen) atoms. The van der Waals surface area contributed by atoms with Crippen LogP contribution in [0, 0.1) is 5.92 Å². The van der Waals surface area contributed by atoms with Crippen molar-refractivity contribution in [1.82, 2.24) is 5.43 Å². The first kappa shape index (κ1) is 11.7. The average molecular weight is 230 g/mol. The summed E-state index contributed by atoms with van der Waals surface area (Å²) >= 11 is 0. The molecular weight excluding hydrogens is 212 g/mol. The molecule has 0 aliphatic carbocycles. The van der Waals surface area contributed by atoms with Gasteiger partial charge in [-0.1, -0.05) is 44.0 Å². The summed E-state index contributed by atoms with van der Waals surface area (Å²) in [5, 5.41) is 1.77. The van der Waals surface area contributed by atoms with E-state index >= 15 is 0 Å². The van der Waals surface area contributed by atoms with Crippen LogP contribution in [0.15, 0.2) is 42.6 Å². The second kappa shape index (κ2) is 5.53. The summed E-state index contributed by atoms with van der Waals surface area (Å²) in [5.74, 6) is 0.111. The van der Waals surface area contributed by atoms with Gasteiger partial charge in [0.05, 0.1) is 11.6 Å². The number of hydrogen-bond donors (Lipinski definition) is 1. The first-order valence-corrected chi connectivity index (χ1v) is 6.14. The zero-order valence-electron chi connectivity index (χ0n) is 10.1. The zero-order valence-corrected chi connectivity index (χ0v) is 10.1. The van der Waals surface area contributed by atoms with Crippen LogP contribution < -0.4 is 10.4 Å². The number of carbonyl (C=O) groups excluding carboxylic acids is 1. The fraction of sp³-hybridized carbons (Fsp3) is 0.357. The molecule has 90 valence electrons. The summed E-state index contributed by atoms with van der Waals surface area (Å²) < 4.78 is 0. The second-order valence-electron chi connectivity index (χ2n) is 4.27. The molecule has 3 heteroatoms. The van der Waals surface area contributed by atoms with Crippen LogP contribution in [0.3, 0.4) is 0 Å². The third-order valence-corrected chi connectivity index (χ3v) is 2.94. The molecule has 0 spiro atoms. The molecule has 1 aliphatic heterocycles. The molecule has 1 heterocycles. The van der Waals surface area contributed by atoms with Gasteiger partial charge < -0.3 is 0 Å². The molecule has 3 nitrogen and oxygen atoms in total. The Morgan fingerprint density at radius 3 is 2.71 bits per heavy atom. The number of hydrogen-bond acceptors (Lipinski definition) is 2. The maximum absolute atomic E-state index is 11.9. The van der Waals surface area contributed by atoms with Gasteiger partial charge >= 0.3 is 0 Å². The minimum atomic E-state index is 0.0231. The molecule has 0 radical (unpaired) electrons. The predicted molar refractivity (Wildman–Crippen MR) is 69.2 cm³/mol. The molecule has 1 unspecified atom stereocenters. The fourth-order valence-corrected chi connectivity index (χ4v) is 1.91. The number of amides is 1. The van der Waals surface area contributed by atoms with E-state index in [9.17, 15) is 4.79 Å². The Bertz CT molecular complexity index is 400. The minimum absolute atomic E-state index is 0.0231. The Balaban J connectivity index is 2.04. The lowest BCUT2D eigenvalue weighted by atomic mass is 10.0. The third-order valence-electron chi connectivity index (χ3n) is 2.94. The molecule has 1 aromatic rings. The molecule has 1 atom stereocenters. The number of anilines is 1. The first-order valence-electron chi connectivity index (χ1n) is 6.14. The third kappa shape index (κ3) is 2.87. The van der Waals surface area contributed by atoms with Gasteiger partial charge in [-0.05, 0) is 18.6 Å². The van der Waals surface area contributed by atoms with Crippen molar-refractivity contribution >= 4 is 11.6 Å². The van der Waals surface area contributed by atoms with Gasteiger partial charge in [-0.3, -0.25) is 15.2 Å². The topological polar surface area (TPSA) is 32.3 Å². The fourth-order valence-electron chi connectivity index (χ4n) is 1.91. The quantitative estimate of drug-likeness (QED) is 0.862. The lowest BCUT2D eigenvalue weighted by Crippen LogP contribution is -2.45. The number of unbranched alkanes of at least 4 members (excludes halogenated alkanes) is 1. The molecule has 0 saturated heterocycles. The molecule has 0 saturated carbocycles. The van der Waals surface area contributed by atoms with Crippen LogP contribution in [0.25, 0.3) is 0 Å². The number of nitrogens with one attached hydrogen (secondary N) is 1. The van der Waals surface area contributed by atoms with Crippen LogP contribution >= 0.6 is 0 Å². The van der Waals surface area contributed by atoms with E-state index in [1.54, 1.807) is 5.01 Å². The van der Waals surface area contributed by atoms with Crippen molar-refractivity contribution in [1.29, 1.82) is 0 Å². The van der Waals surface area contributed by atoms with E-state index < -0.39 is 0 Å². The predicted octanol–water partition coefficient (Wildman–Crippen LogP) is 2.86. The van der Waals surface area contributed by atoms with Gasteiger partial charge in [-0.15, -0.1) is 0 Å². The molecule has 2 rings (SSSR count). The number of para-hydroxylation sites is 1. The number of rotatable bonds is 4. The molecule has 1 amide bonds. The van der Waals surface area contributed by atoms with Gasteiger partial charge in [0.15, 0.2) is 0 Å². The maximum Gasteiger partial charge on any atom is 0.245 e. The Hall–Kier alpha value is -1.77. The lowest BCUT2D eigenvalue weighted by molar-refractivity contribution is -0.124. The van der Waals surface area contributed by atoms with Crippen LogP contribution in [0.2, 0.25) is 0 Å². The molecule has 0 aromatic heterocycles. The zero-order chi connectivity index (χ0) is 12.1. The lowest BCUT2D eigenvalue weighted by Gasteiger charge is -2.28. The molecule has 1 aromatic carbocycles. The van der Waals surface area contributed by atoms with E-state index in [0.29, 0.717) is 0 Å². The smallest absolute Gasteiger partial charge is 0.245 e. The van der Waals surface area contributed by atoms with E-state index in [0.717, 1.165) is 24.9 Å². The van der Waals surface area contributed by atoms with Crippen molar-refractivity contribution in [3.8, 4) is 0 Å². The van der Waals surface area contributed by atoms with E-state index in [4.69, 9.17) is 0 Å². The van der Waals surface area contributed by atoms with Crippen molar-refractivity contribution in [3.63, 3.8) is 0 Å². The van der Waals surface area contributed by atoms with Crippen molar-refractivity contribution in [2.75, 3.05) is 5.01 Å². The molecule has 0 bridgehead atoms. The monoisotopic (exact) mass is 230 g/mol. The van der Waals surface area contributed by atoms with Gasteiger partial charge in [-0.2, -0.15) is 0 Å². The highest BCUT2D eigenvalue weighted by molar-refractivity contribution is 5.84. The Labute approximate surface area is 102 Å². The van der Waals surface area contributed by atoms with Crippen LogP contribution in [-0.2, 0) is 4.79 Å². The summed E-state index contributed by atoms with van der Waals surface area (Å²) in [4.78, 5) is 11.9. The number of benzene rings is 1. The Morgan fingerprint density at radius 2 is 2.06 bits per heavy atom. The number of hydrazine groups is 1. The first-order chi connectivity index (χ1) is 8.31. The van der Waals surface area contributed by atoms with E-state index in [1.165, 1.54) is 0 Å². The highest BCUT2D eigenvalue weighted by Gasteiger charge is 2.21. The van der Waals surface area contributed by atoms with Crippen molar-refractivity contribution in [2.24, 2.45) is 5.92 Å². The molecule has 0 fully saturated rings. The van der Waals surface area contributed by atoms with Crippen molar-refractivity contribution in [2.45, 2.75) is 26.2 Å². The number of nitrogens with zero attached hydrogens (tertiary/aromatic N) is 1. The van der Waals surface area contributed by atoms with Crippen molar-refractivity contribution < 1.29 is 4.79 Å². The van der Waals surface area contributed by atoms with Gasteiger partial charge in [-0.25, -0.2) is 0 Å². The van der Waals surface area contributed by atoms with Crippen molar-refractivity contribution in [3.05, 3.63) is 42.6 Å². The van der Waals surface area contributed by atoms with Crippen LogP contribution in [-0.4, -0.2) is 5.91 Å². The summed E-state index contributed by atoms with van der Waals surface area (Å²) in [6.45, 7) is 2.14. The van der Waals surface area contributed by atoms with Gasteiger partial charge in [0.1, 0.15) is 0 Å². The van der Waals surface area contributed by atoms with Gasteiger partial charge in [0.25, 0.3) is 0 Å². The minimum Gasteiger partial charge on any atom is -0.273 e. The largest absolute Gasteiger partial charge is 0.273 e. The normalized spacial score (nSPS) is 19.2. The summed E-state index contributed by atoms with van der Waals surface area (Å²) in [7, 11) is 0. The van der Waals surface area contributed by atoms with Crippen LogP contribution in [0.4, 0.5) is 5.69 Å². The standard InChI is InChI=1S/C14H18N2O/c1-2-3-7-12-10-11-16(15-14(12)17)13-8-5-4-6-9-13/h4-6,8-12H,2-3,7H2,1H3,(H,15,17). The summed E-state index contributed by atoms with van der Waals surface area (Å²) in [5.41, 5.74) is 3.88. The highest BCUT2D eigenvalue weighted by atomic mass is 16.2. The SMILES string of the molecule is CCCCC1C=CN(c2ccccc2)NC1=O. The molecule has 1 N–H and O–H groups in total. The van der Waals surface area contributed by atoms with E-state index in [2.05, 4.69) is 12.3 Å². The molecular formula is C14H18N2O. The second-order valence-corrected chi connectivity index (χ2v) is 4.27. The summed E-state index contributed by atoms with van der Waals surface area (Å²) in [6, 6.07) is 9.81. The van der Waals surface area contributed by atoms with E-state index in [1.807, 2.05) is 42.6 Å². The van der Waals surface area contributed by atoms with Gasteiger partial charge in [0.2, 0.25) is 5.91 Å². The Kier molecular flexibility index (Phi) is 3.81. The van der Waals surface area contributed by atoms with Gasteiger partial charge in [0, 0.05) is 6.20 Å². The highest BCUT2D eigenvalue weighted by Crippen LogP contribution is 2.19. The van der Waals surface area contributed by atoms with E-state index in [-0.39, 0.29) is 11.8 Å².